The second-order valence-corrected chi connectivity index (χ2v) is 8.61. The number of carbonyl (C=O) groups is 1. The van der Waals surface area contributed by atoms with Gasteiger partial charge in [0, 0.05) is 18.5 Å². The van der Waals surface area contributed by atoms with Crippen LogP contribution in [0.2, 0.25) is 5.02 Å². The Kier molecular flexibility index (Phi) is 5.35. The van der Waals surface area contributed by atoms with Crippen LogP contribution in [0.1, 0.15) is 12.8 Å². The van der Waals surface area contributed by atoms with Crippen molar-refractivity contribution in [1.29, 1.82) is 5.26 Å². The minimum absolute atomic E-state index is 0.0540. The minimum atomic E-state index is -1.04. The van der Waals surface area contributed by atoms with Crippen LogP contribution in [0.5, 0.6) is 0 Å². The molecule has 0 atom stereocenters. The summed E-state index contributed by atoms with van der Waals surface area (Å²) in [4.78, 5) is 32.2. The number of halogens is 1. The molecule has 1 fully saturated rings. The van der Waals surface area contributed by atoms with Gasteiger partial charge in [-0.1, -0.05) is 11.6 Å². The van der Waals surface area contributed by atoms with E-state index in [-0.39, 0.29) is 23.9 Å². The number of anilines is 1. The van der Waals surface area contributed by atoms with E-state index in [9.17, 15) is 14.7 Å². The zero-order chi connectivity index (χ0) is 21.6. The van der Waals surface area contributed by atoms with Gasteiger partial charge in [0.15, 0.2) is 5.43 Å². The molecule has 0 amide bonds. The SMILES string of the molecule is CSc1c(Cl)ccc2c(=O)c3ccc(N(C)C4CC(C#N)C4)nc3n(CC(=O)O)c12. The van der Waals surface area contributed by atoms with E-state index in [0.717, 1.165) is 12.8 Å². The standard InChI is InChI=1S/C21H19ClN4O3S/c1-25(12-7-11(8-12)9-23)16-6-4-14-19(29)13-3-5-15(22)20(30-2)18(13)26(10-17(27)28)21(14)24-16/h3-6,11-12H,7-8,10H2,1-2H3,(H,27,28). The fourth-order valence-corrected chi connectivity index (χ4v) is 5.01. The second-order valence-electron chi connectivity index (χ2n) is 7.39. The summed E-state index contributed by atoms with van der Waals surface area (Å²) in [5, 5.41) is 19.8. The number of fused-ring (bicyclic) bond motifs is 2. The Labute approximate surface area is 181 Å². The lowest BCUT2D eigenvalue weighted by Crippen LogP contribution is -2.42. The van der Waals surface area contributed by atoms with Gasteiger partial charge in [-0.25, -0.2) is 4.98 Å². The molecule has 154 valence electrons. The minimum Gasteiger partial charge on any atom is -0.480 e. The molecule has 30 heavy (non-hydrogen) atoms. The molecule has 4 rings (SSSR count). The van der Waals surface area contributed by atoms with Gasteiger partial charge in [-0.15, -0.1) is 11.8 Å². The fraction of sp³-hybridized carbons (Fsp3) is 0.333. The van der Waals surface area contributed by atoms with Crippen molar-refractivity contribution in [2.75, 3.05) is 18.2 Å². The van der Waals surface area contributed by atoms with Gasteiger partial charge >= 0.3 is 5.97 Å². The smallest absolute Gasteiger partial charge is 0.323 e. The van der Waals surface area contributed by atoms with Crippen LogP contribution in [0, 0.1) is 17.2 Å². The van der Waals surface area contributed by atoms with Crippen molar-refractivity contribution in [1.82, 2.24) is 9.55 Å². The lowest BCUT2D eigenvalue weighted by Gasteiger charge is -2.38. The average Bonchev–Trinajstić information content (AvgIpc) is 2.69. The van der Waals surface area contributed by atoms with Crippen molar-refractivity contribution in [3.05, 3.63) is 39.5 Å². The summed E-state index contributed by atoms with van der Waals surface area (Å²) >= 11 is 7.71. The molecule has 3 aromatic rings. The van der Waals surface area contributed by atoms with E-state index in [2.05, 4.69) is 11.1 Å². The first kappa shape index (κ1) is 20.5. The molecule has 0 spiro atoms. The summed E-state index contributed by atoms with van der Waals surface area (Å²) in [5.74, 6) is -0.350. The first-order valence-corrected chi connectivity index (χ1v) is 11.0. The Morgan fingerprint density at radius 2 is 2.07 bits per heavy atom. The molecule has 2 heterocycles. The average molecular weight is 443 g/mol. The molecule has 1 saturated carbocycles. The summed E-state index contributed by atoms with van der Waals surface area (Å²) in [6.07, 6.45) is 3.36. The quantitative estimate of drug-likeness (QED) is 0.474. The van der Waals surface area contributed by atoms with Crippen molar-refractivity contribution in [2.24, 2.45) is 5.92 Å². The van der Waals surface area contributed by atoms with E-state index in [1.54, 1.807) is 28.8 Å². The molecular formula is C21H19ClN4O3S. The van der Waals surface area contributed by atoms with Crippen LogP contribution in [0.25, 0.3) is 21.9 Å². The molecule has 0 saturated heterocycles. The number of thioether (sulfide) groups is 1. The third kappa shape index (κ3) is 3.28. The van der Waals surface area contributed by atoms with E-state index in [4.69, 9.17) is 16.9 Å². The summed E-state index contributed by atoms with van der Waals surface area (Å²) in [6, 6.07) is 9.22. The second kappa shape index (κ2) is 7.82. The Morgan fingerprint density at radius 1 is 1.37 bits per heavy atom. The van der Waals surface area contributed by atoms with E-state index < -0.39 is 5.97 Å². The lowest BCUT2D eigenvalue weighted by atomic mass is 9.80. The van der Waals surface area contributed by atoms with E-state index in [0.29, 0.717) is 37.7 Å². The van der Waals surface area contributed by atoms with Crippen molar-refractivity contribution in [2.45, 2.75) is 30.3 Å². The number of hydrogen-bond donors (Lipinski definition) is 1. The molecule has 1 N–H and O–H groups in total. The molecule has 0 radical (unpaired) electrons. The Bertz CT molecular complexity index is 1280. The van der Waals surface area contributed by atoms with Gasteiger partial charge in [0.1, 0.15) is 18.0 Å². The topological polar surface area (TPSA) is 99.2 Å². The van der Waals surface area contributed by atoms with E-state index >= 15 is 0 Å². The highest BCUT2D eigenvalue weighted by atomic mass is 35.5. The van der Waals surface area contributed by atoms with Gasteiger partial charge in [0.2, 0.25) is 0 Å². The van der Waals surface area contributed by atoms with Crippen LogP contribution < -0.4 is 10.3 Å². The highest BCUT2D eigenvalue weighted by molar-refractivity contribution is 7.99. The zero-order valence-corrected chi connectivity index (χ0v) is 18.0. The first-order chi connectivity index (χ1) is 14.3. The molecule has 1 aromatic carbocycles. The fourth-order valence-electron chi connectivity index (χ4n) is 3.95. The molecule has 2 aromatic heterocycles. The third-order valence-electron chi connectivity index (χ3n) is 5.66. The molecule has 7 nitrogen and oxygen atoms in total. The number of benzene rings is 1. The van der Waals surface area contributed by atoms with E-state index in [1.807, 2.05) is 18.2 Å². The number of nitrogens with zero attached hydrogens (tertiary/aromatic N) is 4. The monoisotopic (exact) mass is 442 g/mol. The first-order valence-electron chi connectivity index (χ1n) is 9.39. The van der Waals surface area contributed by atoms with Gasteiger partial charge in [-0.05, 0) is 43.4 Å². The van der Waals surface area contributed by atoms with Gasteiger partial charge in [-0.2, -0.15) is 5.26 Å². The van der Waals surface area contributed by atoms with Gasteiger partial charge < -0.3 is 14.6 Å². The highest BCUT2D eigenvalue weighted by Crippen LogP contribution is 2.35. The summed E-state index contributed by atoms with van der Waals surface area (Å²) in [6.45, 7) is -0.346. The summed E-state index contributed by atoms with van der Waals surface area (Å²) in [5.41, 5.74) is 0.590. The van der Waals surface area contributed by atoms with Crippen molar-refractivity contribution >= 4 is 57.1 Å². The van der Waals surface area contributed by atoms with Crippen LogP contribution in [0.3, 0.4) is 0 Å². The van der Waals surface area contributed by atoms with Crippen LogP contribution >= 0.6 is 23.4 Å². The van der Waals surface area contributed by atoms with Crippen LogP contribution in [0.15, 0.2) is 34.0 Å². The van der Waals surface area contributed by atoms with Gasteiger partial charge in [0.05, 0.1) is 32.8 Å². The van der Waals surface area contributed by atoms with E-state index in [1.165, 1.54) is 11.8 Å². The van der Waals surface area contributed by atoms with Crippen LogP contribution in [0.4, 0.5) is 5.82 Å². The molecule has 0 bridgehead atoms. The number of carboxylic acid groups (broad SMARTS) is 1. The summed E-state index contributed by atoms with van der Waals surface area (Å²) in [7, 11) is 1.90. The van der Waals surface area contributed by atoms with Crippen LogP contribution in [-0.4, -0.2) is 40.0 Å². The number of pyridine rings is 2. The molecule has 0 unspecified atom stereocenters. The maximum absolute atomic E-state index is 13.2. The zero-order valence-electron chi connectivity index (χ0n) is 16.4. The normalized spacial score (nSPS) is 18.2. The predicted molar refractivity (Wildman–Crippen MR) is 118 cm³/mol. The largest absolute Gasteiger partial charge is 0.480 e. The van der Waals surface area contributed by atoms with Crippen LogP contribution in [-0.2, 0) is 11.3 Å². The van der Waals surface area contributed by atoms with Crippen molar-refractivity contribution < 1.29 is 9.90 Å². The third-order valence-corrected chi connectivity index (χ3v) is 6.91. The number of hydrogen-bond acceptors (Lipinski definition) is 6. The molecule has 1 aliphatic rings. The highest BCUT2D eigenvalue weighted by Gasteiger charge is 2.33. The Balaban J connectivity index is 1.98. The molecule has 9 heteroatoms. The van der Waals surface area contributed by atoms with Crippen molar-refractivity contribution in [3.8, 4) is 6.07 Å². The Morgan fingerprint density at radius 3 is 2.70 bits per heavy atom. The maximum Gasteiger partial charge on any atom is 0.323 e. The number of aromatic nitrogens is 2. The van der Waals surface area contributed by atoms with Gasteiger partial charge in [0.25, 0.3) is 0 Å². The van der Waals surface area contributed by atoms with Crippen molar-refractivity contribution in [3.63, 3.8) is 0 Å². The summed E-state index contributed by atoms with van der Waals surface area (Å²) < 4.78 is 1.56. The number of rotatable bonds is 5. The number of nitriles is 1. The molecular weight excluding hydrogens is 424 g/mol. The lowest BCUT2D eigenvalue weighted by molar-refractivity contribution is -0.137. The predicted octanol–water partition coefficient (Wildman–Crippen LogP) is 3.75. The molecule has 1 aliphatic carbocycles. The number of aliphatic carboxylic acids is 1. The Hall–Kier alpha value is -2.76. The maximum atomic E-state index is 13.2. The molecule has 0 aliphatic heterocycles. The number of carboxylic acids is 1. The van der Waals surface area contributed by atoms with Gasteiger partial charge in [-0.3, -0.25) is 9.59 Å².